The Balaban J connectivity index is 0.00000676. The monoisotopic (exact) mass is 492 g/mol. The van der Waals surface area contributed by atoms with E-state index in [9.17, 15) is 4.79 Å². The highest BCUT2D eigenvalue weighted by Crippen LogP contribution is 2.11. The van der Waals surface area contributed by atoms with Crippen molar-refractivity contribution in [1.82, 2.24) is 14.8 Å². The lowest BCUT2D eigenvalue weighted by Gasteiger charge is -2.22. The first-order valence-electron chi connectivity index (χ1n) is 9.47. The number of esters is 1. The molecule has 27 heavy (non-hydrogen) atoms. The molecule has 0 aliphatic carbocycles. The maximum Gasteiger partial charge on any atom is 0.306 e. The number of rotatable bonds is 9. The molecule has 0 fully saturated rings. The number of hydrogen-bond donors (Lipinski definition) is 1. The Kier molecular flexibility index (Phi) is 12.4. The molecule has 6 nitrogen and oxygen atoms in total. The molecule has 0 spiro atoms. The summed E-state index contributed by atoms with van der Waals surface area (Å²) < 4.78 is 7.43. The largest absolute Gasteiger partial charge is 0.460 e. The van der Waals surface area contributed by atoms with Crippen LogP contribution in [0.4, 0.5) is 0 Å². The third-order valence-electron chi connectivity index (χ3n) is 4.03. The number of nitrogens with one attached hydrogen (secondary N) is 1. The second-order valence-electron chi connectivity index (χ2n) is 7.69. The quantitative estimate of drug-likeness (QED) is 0.187. The zero-order chi connectivity index (χ0) is 19.6. The molecular formula is C20H37IN4O2. The smallest absolute Gasteiger partial charge is 0.306 e. The zero-order valence-electron chi connectivity index (χ0n) is 17.7. The van der Waals surface area contributed by atoms with Crippen LogP contribution in [0.3, 0.4) is 0 Å². The van der Waals surface area contributed by atoms with Crippen molar-refractivity contribution in [2.24, 2.45) is 12.0 Å². The van der Waals surface area contributed by atoms with E-state index in [0.29, 0.717) is 6.42 Å². The van der Waals surface area contributed by atoms with Gasteiger partial charge in [0.05, 0.1) is 6.54 Å². The predicted octanol–water partition coefficient (Wildman–Crippen LogP) is 3.94. The number of carbonyl (C=O) groups is 1. The third kappa shape index (κ3) is 11.2. The first-order chi connectivity index (χ1) is 12.2. The minimum absolute atomic E-state index is 0. The topological polar surface area (TPSA) is 58.9 Å². The average molecular weight is 492 g/mol. The van der Waals surface area contributed by atoms with Gasteiger partial charge in [-0.1, -0.05) is 12.8 Å². The minimum atomic E-state index is -0.387. The number of halogens is 1. The second kappa shape index (κ2) is 13.0. The summed E-state index contributed by atoms with van der Waals surface area (Å²) in [5.41, 5.74) is 0.861. The normalized spacial score (nSPS) is 11.7. The van der Waals surface area contributed by atoms with E-state index in [2.05, 4.69) is 45.2 Å². The van der Waals surface area contributed by atoms with Crippen LogP contribution in [0.15, 0.2) is 23.3 Å². The lowest BCUT2D eigenvalue weighted by atomic mass is 10.1. The third-order valence-corrected chi connectivity index (χ3v) is 4.03. The van der Waals surface area contributed by atoms with Gasteiger partial charge in [0.25, 0.3) is 0 Å². The van der Waals surface area contributed by atoms with Crippen molar-refractivity contribution < 1.29 is 9.53 Å². The SMILES string of the molecule is CN=C(NCCCCCCC(=O)OC(C)(C)C)N(C)Cc1cccn1C.I. The molecule has 0 amide bonds. The fourth-order valence-electron chi connectivity index (χ4n) is 2.70. The summed E-state index contributed by atoms with van der Waals surface area (Å²) in [6.07, 6.45) is 6.64. The van der Waals surface area contributed by atoms with Gasteiger partial charge < -0.3 is 19.5 Å². The summed E-state index contributed by atoms with van der Waals surface area (Å²) >= 11 is 0. The molecule has 1 rings (SSSR count). The van der Waals surface area contributed by atoms with E-state index in [1.54, 1.807) is 0 Å². The summed E-state index contributed by atoms with van der Waals surface area (Å²) in [6, 6.07) is 4.17. The van der Waals surface area contributed by atoms with E-state index in [0.717, 1.165) is 44.7 Å². The maximum atomic E-state index is 11.6. The first kappa shape index (κ1) is 25.8. The molecule has 0 saturated heterocycles. The van der Waals surface area contributed by atoms with Gasteiger partial charge in [0.15, 0.2) is 5.96 Å². The summed E-state index contributed by atoms with van der Waals surface area (Å²) in [4.78, 5) is 18.1. The van der Waals surface area contributed by atoms with Crippen LogP contribution in [0.1, 0.15) is 58.6 Å². The molecule has 1 aromatic heterocycles. The summed E-state index contributed by atoms with van der Waals surface area (Å²) in [6.45, 7) is 7.41. The number of aliphatic imine (C=N–C) groups is 1. The number of unbranched alkanes of at least 4 members (excludes halogenated alkanes) is 3. The molecular weight excluding hydrogens is 455 g/mol. The Morgan fingerprint density at radius 1 is 1.26 bits per heavy atom. The molecule has 0 atom stereocenters. The summed E-state index contributed by atoms with van der Waals surface area (Å²) in [5, 5.41) is 3.41. The molecule has 7 heteroatoms. The zero-order valence-corrected chi connectivity index (χ0v) is 20.1. The van der Waals surface area contributed by atoms with Gasteiger partial charge in [-0.2, -0.15) is 0 Å². The molecule has 0 aliphatic heterocycles. The van der Waals surface area contributed by atoms with Crippen LogP contribution in [-0.2, 0) is 23.1 Å². The van der Waals surface area contributed by atoms with Gasteiger partial charge in [0.2, 0.25) is 0 Å². The van der Waals surface area contributed by atoms with Crippen LogP contribution in [0.25, 0.3) is 0 Å². The molecule has 1 aromatic rings. The summed E-state index contributed by atoms with van der Waals surface area (Å²) in [5.74, 6) is 0.804. The van der Waals surface area contributed by atoms with Gasteiger partial charge in [-0.15, -0.1) is 24.0 Å². The molecule has 0 aliphatic rings. The molecule has 0 radical (unpaired) electrons. The van der Waals surface area contributed by atoms with Crippen LogP contribution < -0.4 is 5.32 Å². The fourth-order valence-corrected chi connectivity index (χ4v) is 2.70. The molecule has 1 N–H and O–H groups in total. The van der Waals surface area contributed by atoms with Crippen LogP contribution in [-0.4, -0.2) is 47.6 Å². The van der Waals surface area contributed by atoms with Gasteiger partial charge in [0.1, 0.15) is 5.60 Å². The number of carbonyl (C=O) groups excluding carboxylic acids is 1. The molecule has 0 bridgehead atoms. The van der Waals surface area contributed by atoms with Crippen molar-refractivity contribution >= 4 is 35.9 Å². The van der Waals surface area contributed by atoms with Crippen molar-refractivity contribution in [1.29, 1.82) is 0 Å². The lowest BCUT2D eigenvalue weighted by molar-refractivity contribution is -0.154. The first-order valence-corrected chi connectivity index (χ1v) is 9.47. The fraction of sp³-hybridized carbons (Fsp3) is 0.700. The van der Waals surface area contributed by atoms with Gasteiger partial charge >= 0.3 is 5.97 Å². The van der Waals surface area contributed by atoms with Crippen molar-refractivity contribution in [3.8, 4) is 0 Å². The Hall–Kier alpha value is -1.25. The Morgan fingerprint density at radius 2 is 1.93 bits per heavy atom. The molecule has 0 unspecified atom stereocenters. The molecule has 1 heterocycles. The Bertz CT molecular complexity index is 579. The number of aromatic nitrogens is 1. The highest BCUT2D eigenvalue weighted by Gasteiger charge is 2.15. The summed E-state index contributed by atoms with van der Waals surface area (Å²) in [7, 11) is 5.91. The number of aryl methyl sites for hydroxylation is 1. The van der Waals surface area contributed by atoms with Crippen molar-refractivity contribution in [2.75, 3.05) is 20.6 Å². The van der Waals surface area contributed by atoms with Crippen molar-refractivity contribution in [3.63, 3.8) is 0 Å². The van der Waals surface area contributed by atoms with E-state index in [1.807, 2.05) is 34.9 Å². The number of ether oxygens (including phenoxy) is 1. The number of guanidine groups is 1. The van der Waals surface area contributed by atoms with Crippen LogP contribution >= 0.6 is 24.0 Å². The number of hydrogen-bond acceptors (Lipinski definition) is 3. The average Bonchev–Trinajstić information content (AvgIpc) is 2.93. The van der Waals surface area contributed by atoms with Gasteiger partial charge in [0, 0.05) is 46.0 Å². The van der Waals surface area contributed by atoms with Crippen LogP contribution in [0, 0.1) is 0 Å². The minimum Gasteiger partial charge on any atom is -0.460 e. The van der Waals surface area contributed by atoms with E-state index in [1.165, 1.54) is 5.69 Å². The van der Waals surface area contributed by atoms with Crippen molar-refractivity contribution in [2.45, 2.75) is 65.0 Å². The van der Waals surface area contributed by atoms with Crippen molar-refractivity contribution in [3.05, 3.63) is 24.0 Å². The second-order valence-corrected chi connectivity index (χ2v) is 7.69. The van der Waals surface area contributed by atoms with Crippen LogP contribution in [0.5, 0.6) is 0 Å². The Morgan fingerprint density at radius 3 is 2.48 bits per heavy atom. The Labute approximate surface area is 181 Å². The van der Waals surface area contributed by atoms with Gasteiger partial charge in [-0.3, -0.25) is 9.79 Å². The standard InChI is InChI=1S/C20H36N4O2.HI/c1-20(2,3)26-18(25)13-9-7-8-10-14-22-19(21-4)24(6)16-17-12-11-15-23(17)5;/h11-12,15H,7-10,13-14,16H2,1-6H3,(H,21,22);1H. The molecule has 0 saturated carbocycles. The number of nitrogens with zero attached hydrogens (tertiary/aromatic N) is 3. The highest BCUT2D eigenvalue weighted by atomic mass is 127. The van der Waals surface area contributed by atoms with Gasteiger partial charge in [-0.05, 0) is 45.7 Å². The van der Waals surface area contributed by atoms with Crippen LogP contribution in [0.2, 0.25) is 0 Å². The highest BCUT2D eigenvalue weighted by molar-refractivity contribution is 14.0. The van der Waals surface area contributed by atoms with E-state index in [-0.39, 0.29) is 35.5 Å². The van der Waals surface area contributed by atoms with E-state index in [4.69, 9.17) is 4.74 Å². The molecule has 156 valence electrons. The van der Waals surface area contributed by atoms with E-state index >= 15 is 0 Å². The van der Waals surface area contributed by atoms with E-state index < -0.39 is 0 Å². The lowest BCUT2D eigenvalue weighted by Crippen LogP contribution is -2.39. The predicted molar refractivity (Wildman–Crippen MR) is 123 cm³/mol. The maximum absolute atomic E-state index is 11.6. The molecule has 0 aromatic carbocycles. The van der Waals surface area contributed by atoms with Gasteiger partial charge in [-0.25, -0.2) is 0 Å².